The van der Waals surface area contributed by atoms with Crippen molar-refractivity contribution >= 4 is 39.3 Å². The molecule has 1 aliphatic rings. The van der Waals surface area contributed by atoms with E-state index in [0.717, 1.165) is 29.5 Å². The number of ether oxygens (including phenoxy) is 1. The summed E-state index contributed by atoms with van der Waals surface area (Å²) >= 11 is 2.89. The van der Waals surface area contributed by atoms with Crippen LogP contribution in [0.5, 0.6) is 0 Å². The van der Waals surface area contributed by atoms with Crippen molar-refractivity contribution < 1.29 is 9.53 Å². The minimum atomic E-state index is -0.300. The van der Waals surface area contributed by atoms with Crippen LogP contribution in [0.4, 0.5) is 0 Å². The van der Waals surface area contributed by atoms with Crippen LogP contribution in [0.25, 0.3) is 10.2 Å². The summed E-state index contributed by atoms with van der Waals surface area (Å²) < 4.78 is 6.63. The molecule has 2 aromatic heterocycles. The van der Waals surface area contributed by atoms with Crippen LogP contribution in [-0.4, -0.2) is 27.9 Å². The van der Waals surface area contributed by atoms with E-state index in [0.29, 0.717) is 24.2 Å². The van der Waals surface area contributed by atoms with Gasteiger partial charge in [-0.1, -0.05) is 38.6 Å². The van der Waals surface area contributed by atoms with Crippen molar-refractivity contribution in [2.45, 2.75) is 58.7 Å². The zero-order chi connectivity index (χ0) is 20.5. The molecule has 0 N–H and O–H groups in total. The molecule has 0 saturated heterocycles. The molecule has 0 saturated carbocycles. The van der Waals surface area contributed by atoms with Crippen molar-refractivity contribution in [3.05, 3.63) is 33.4 Å². The number of esters is 1. The van der Waals surface area contributed by atoms with Crippen LogP contribution in [0, 0.1) is 11.3 Å². The fourth-order valence-corrected chi connectivity index (χ4v) is 5.85. The smallest absolute Gasteiger partial charge is 0.316 e. The lowest BCUT2D eigenvalue weighted by Crippen LogP contribution is -2.27. The maximum atomic E-state index is 13.3. The van der Waals surface area contributed by atoms with Gasteiger partial charge in [0.05, 0.1) is 17.7 Å². The molecule has 0 aliphatic heterocycles. The Morgan fingerprint density at radius 3 is 2.86 bits per heavy atom. The Balaban J connectivity index is 2.02. The molecule has 28 heavy (non-hydrogen) atoms. The van der Waals surface area contributed by atoms with E-state index >= 15 is 0 Å². The predicted octanol–water partition coefficient (Wildman–Crippen LogP) is 4.45. The summed E-state index contributed by atoms with van der Waals surface area (Å²) in [6.45, 7) is 13.1. The molecule has 7 heteroatoms. The zero-order valence-corrected chi connectivity index (χ0v) is 18.7. The Kier molecular flexibility index (Phi) is 6.34. The van der Waals surface area contributed by atoms with Crippen LogP contribution < -0.4 is 5.56 Å². The van der Waals surface area contributed by atoms with Crippen molar-refractivity contribution in [2.24, 2.45) is 11.3 Å². The molecule has 3 rings (SSSR count). The molecule has 0 fully saturated rings. The molecule has 1 aliphatic carbocycles. The number of allylic oxidation sites excluding steroid dienone is 1. The van der Waals surface area contributed by atoms with Gasteiger partial charge in [0.25, 0.3) is 5.56 Å². The Bertz CT molecular complexity index is 953. The zero-order valence-electron chi connectivity index (χ0n) is 17.0. The van der Waals surface area contributed by atoms with E-state index in [1.807, 2.05) is 0 Å². The van der Waals surface area contributed by atoms with Crippen LogP contribution >= 0.6 is 23.1 Å². The molecular weight excluding hydrogens is 392 g/mol. The Morgan fingerprint density at radius 1 is 1.46 bits per heavy atom. The topological polar surface area (TPSA) is 61.2 Å². The Morgan fingerprint density at radius 2 is 2.21 bits per heavy atom. The summed E-state index contributed by atoms with van der Waals surface area (Å²) in [7, 11) is 0. The maximum Gasteiger partial charge on any atom is 0.316 e. The molecule has 152 valence electrons. The van der Waals surface area contributed by atoms with Crippen molar-refractivity contribution in [3.63, 3.8) is 0 Å². The van der Waals surface area contributed by atoms with Gasteiger partial charge in [-0.2, -0.15) is 0 Å². The minimum Gasteiger partial charge on any atom is -0.465 e. The first-order chi connectivity index (χ1) is 13.3. The van der Waals surface area contributed by atoms with E-state index in [1.165, 1.54) is 22.2 Å². The van der Waals surface area contributed by atoms with Gasteiger partial charge in [-0.15, -0.1) is 17.9 Å². The second kappa shape index (κ2) is 8.41. The fraction of sp³-hybridized carbons (Fsp3) is 0.571. The standard InChI is InChI=1S/C21H28N2O3S2/c1-6-10-23-19(25)17-14-9-8-13(21(3,4)5)11-15(14)28-18(17)22-20(23)27-12-16(24)26-7-2/h6,13H,1,7-12H2,2-5H3. The number of thiophene rings is 1. The number of carbonyl (C=O) groups is 1. The largest absolute Gasteiger partial charge is 0.465 e. The van der Waals surface area contributed by atoms with Crippen molar-refractivity contribution in [1.82, 2.24) is 9.55 Å². The third kappa shape index (κ3) is 4.20. The first-order valence-corrected chi connectivity index (χ1v) is 11.5. The van der Waals surface area contributed by atoms with Gasteiger partial charge in [0.2, 0.25) is 0 Å². The third-order valence-corrected chi connectivity index (χ3v) is 7.39. The van der Waals surface area contributed by atoms with Gasteiger partial charge in [-0.25, -0.2) is 4.98 Å². The van der Waals surface area contributed by atoms with E-state index in [2.05, 4.69) is 27.4 Å². The van der Waals surface area contributed by atoms with Gasteiger partial charge in [0, 0.05) is 11.4 Å². The molecule has 2 heterocycles. The van der Waals surface area contributed by atoms with Gasteiger partial charge in [-0.3, -0.25) is 14.2 Å². The third-order valence-electron chi connectivity index (χ3n) is 5.29. The number of nitrogens with zero attached hydrogens (tertiary/aromatic N) is 2. The number of carbonyl (C=O) groups excluding carboxylic acids is 1. The van der Waals surface area contributed by atoms with Gasteiger partial charge in [-0.05, 0) is 43.1 Å². The molecule has 0 bridgehead atoms. The van der Waals surface area contributed by atoms with E-state index in [-0.39, 0.29) is 22.7 Å². The SMILES string of the molecule is C=CCn1c(SCC(=O)OCC)nc2sc3c(c2c1=O)CCC(C(C)(C)C)C3. The lowest BCUT2D eigenvalue weighted by molar-refractivity contribution is -0.139. The number of fused-ring (bicyclic) bond motifs is 3. The normalized spacial score (nSPS) is 16.8. The fourth-order valence-electron chi connectivity index (χ4n) is 3.71. The molecule has 1 unspecified atom stereocenters. The van der Waals surface area contributed by atoms with Gasteiger partial charge >= 0.3 is 5.97 Å². The molecule has 0 amide bonds. The summed E-state index contributed by atoms with van der Waals surface area (Å²) in [5, 5.41) is 1.31. The highest BCUT2D eigenvalue weighted by Crippen LogP contribution is 2.42. The monoisotopic (exact) mass is 420 g/mol. The summed E-state index contributed by atoms with van der Waals surface area (Å²) in [6, 6.07) is 0. The Labute approximate surface area is 174 Å². The van der Waals surface area contributed by atoms with Crippen molar-refractivity contribution in [1.29, 1.82) is 0 Å². The lowest BCUT2D eigenvalue weighted by atomic mass is 9.72. The molecule has 1 atom stereocenters. The number of aromatic nitrogens is 2. The first kappa shape index (κ1) is 21.1. The van der Waals surface area contributed by atoms with Crippen molar-refractivity contribution in [2.75, 3.05) is 12.4 Å². The van der Waals surface area contributed by atoms with Crippen LogP contribution in [0.15, 0.2) is 22.6 Å². The minimum absolute atomic E-state index is 0.0250. The van der Waals surface area contributed by atoms with E-state index < -0.39 is 0 Å². The van der Waals surface area contributed by atoms with E-state index in [9.17, 15) is 9.59 Å². The van der Waals surface area contributed by atoms with Crippen LogP contribution in [0.3, 0.4) is 0 Å². The highest BCUT2D eigenvalue weighted by Gasteiger charge is 2.32. The van der Waals surface area contributed by atoms with Crippen LogP contribution in [0.2, 0.25) is 0 Å². The molecule has 0 spiro atoms. The molecular formula is C21H28N2O3S2. The number of aryl methyl sites for hydroxylation is 1. The van der Waals surface area contributed by atoms with Gasteiger partial charge in [0.1, 0.15) is 4.83 Å². The summed E-state index contributed by atoms with van der Waals surface area (Å²) in [6.07, 6.45) is 4.73. The highest BCUT2D eigenvalue weighted by atomic mass is 32.2. The highest BCUT2D eigenvalue weighted by molar-refractivity contribution is 7.99. The number of hydrogen-bond donors (Lipinski definition) is 0. The average Bonchev–Trinajstić information content (AvgIpc) is 2.99. The van der Waals surface area contributed by atoms with Crippen molar-refractivity contribution in [3.8, 4) is 0 Å². The Hall–Kier alpha value is -1.60. The molecule has 0 aromatic carbocycles. The van der Waals surface area contributed by atoms with E-state index in [4.69, 9.17) is 9.72 Å². The second-order valence-corrected chi connectivity index (χ2v) is 10.2. The summed E-state index contributed by atoms with van der Waals surface area (Å²) in [4.78, 5) is 31.9. The number of thioether (sulfide) groups is 1. The van der Waals surface area contributed by atoms with Gasteiger partial charge in [0.15, 0.2) is 5.16 Å². The van der Waals surface area contributed by atoms with Crippen LogP contribution in [-0.2, 0) is 28.9 Å². The molecule has 0 radical (unpaired) electrons. The second-order valence-electron chi connectivity index (χ2n) is 8.18. The van der Waals surface area contributed by atoms with Crippen LogP contribution in [0.1, 0.15) is 44.6 Å². The predicted molar refractivity (Wildman–Crippen MR) is 116 cm³/mol. The summed E-state index contributed by atoms with van der Waals surface area (Å²) in [5.41, 5.74) is 1.41. The average molecular weight is 421 g/mol. The van der Waals surface area contributed by atoms with E-state index in [1.54, 1.807) is 28.9 Å². The lowest BCUT2D eigenvalue weighted by Gasteiger charge is -2.33. The maximum absolute atomic E-state index is 13.3. The number of hydrogen-bond acceptors (Lipinski definition) is 6. The molecule has 5 nitrogen and oxygen atoms in total. The molecule has 2 aromatic rings. The number of rotatable bonds is 6. The quantitative estimate of drug-likeness (QED) is 0.299. The summed E-state index contributed by atoms with van der Waals surface area (Å²) in [5.74, 6) is 0.451. The van der Waals surface area contributed by atoms with Gasteiger partial charge < -0.3 is 4.74 Å². The first-order valence-electron chi connectivity index (χ1n) is 9.70.